The molecule has 5 nitrogen and oxygen atoms in total. The fraction of sp³-hybridized carbons (Fsp3) is 0.316. The first-order valence-electron chi connectivity index (χ1n) is 8.55. The predicted molar refractivity (Wildman–Crippen MR) is 96.2 cm³/mol. The lowest BCUT2D eigenvalue weighted by Crippen LogP contribution is -2.43. The van der Waals surface area contributed by atoms with E-state index in [1.165, 1.54) is 22.5 Å². The standard InChI is InChI=1S/C19H21FN2O3S/c20-17-8-4-5-9-18(17)26(24,25)22-12-10-16(11-13-22)19(23)21-14-15-6-2-1-3-7-15/h1-9,16H,10-14H2,(H,21,23). The Morgan fingerprint density at radius 2 is 1.65 bits per heavy atom. The van der Waals surface area contributed by atoms with Crippen molar-refractivity contribution in [2.45, 2.75) is 24.3 Å². The average molecular weight is 376 g/mol. The molecule has 0 radical (unpaired) electrons. The number of sulfonamides is 1. The summed E-state index contributed by atoms with van der Waals surface area (Å²) < 4.78 is 40.3. The number of nitrogens with zero attached hydrogens (tertiary/aromatic N) is 1. The van der Waals surface area contributed by atoms with E-state index in [1.807, 2.05) is 30.3 Å². The zero-order valence-electron chi connectivity index (χ0n) is 14.3. The second kappa shape index (κ2) is 7.97. The van der Waals surface area contributed by atoms with Crippen LogP contribution in [-0.4, -0.2) is 31.7 Å². The molecule has 1 aliphatic rings. The molecule has 1 fully saturated rings. The van der Waals surface area contributed by atoms with Gasteiger partial charge in [-0.15, -0.1) is 0 Å². The number of hydrogen-bond donors (Lipinski definition) is 1. The van der Waals surface area contributed by atoms with Crippen LogP contribution < -0.4 is 5.32 Å². The zero-order chi connectivity index (χ0) is 18.6. The summed E-state index contributed by atoms with van der Waals surface area (Å²) in [5.74, 6) is -1.06. The van der Waals surface area contributed by atoms with Crippen LogP contribution in [0.25, 0.3) is 0 Å². The highest BCUT2D eigenvalue weighted by Gasteiger charge is 2.33. The molecular weight excluding hydrogens is 355 g/mol. The van der Waals surface area contributed by atoms with E-state index in [1.54, 1.807) is 0 Å². The van der Waals surface area contributed by atoms with Gasteiger partial charge in [0.1, 0.15) is 10.7 Å². The van der Waals surface area contributed by atoms with Gasteiger partial charge in [0, 0.05) is 25.6 Å². The molecule has 138 valence electrons. The summed E-state index contributed by atoms with van der Waals surface area (Å²) in [6.07, 6.45) is 0.850. The van der Waals surface area contributed by atoms with E-state index >= 15 is 0 Å². The predicted octanol–water partition coefficient (Wildman–Crippen LogP) is 2.54. The first-order valence-corrected chi connectivity index (χ1v) is 9.99. The minimum atomic E-state index is -3.87. The van der Waals surface area contributed by atoms with Crippen LogP contribution in [0.1, 0.15) is 18.4 Å². The fourth-order valence-electron chi connectivity index (χ4n) is 3.08. The molecule has 3 rings (SSSR count). The Morgan fingerprint density at radius 1 is 1.04 bits per heavy atom. The molecule has 0 bridgehead atoms. The Balaban J connectivity index is 1.57. The lowest BCUT2D eigenvalue weighted by molar-refractivity contribution is -0.126. The molecule has 2 aromatic rings. The third-order valence-corrected chi connectivity index (χ3v) is 6.52. The number of carbonyl (C=O) groups is 1. The average Bonchev–Trinajstić information content (AvgIpc) is 2.67. The summed E-state index contributed by atoms with van der Waals surface area (Å²) in [7, 11) is -3.87. The highest BCUT2D eigenvalue weighted by atomic mass is 32.2. The van der Waals surface area contributed by atoms with Crippen molar-refractivity contribution in [3.8, 4) is 0 Å². The SMILES string of the molecule is O=C(NCc1ccccc1)C1CCN(S(=O)(=O)c2ccccc2F)CC1. The first kappa shape index (κ1) is 18.5. The number of nitrogens with one attached hydrogen (secondary N) is 1. The summed E-state index contributed by atoms with van der Waals surface area (Å²) >= 11 is 0. The molecule has 1 saturated heterocycles. The molecule has 1 aliphatic heterocycles. The molecule has 1 heterocycles. The molecular formula is C19H21FN2O3S. The van der Waals surface area contributed by atoms with Crippen LogP contribution in [0.5, 0.6) is 0 Å². The molecule has 0 atom stereocenters. The minimum absolute atomic E-state index is 0.0724. The van der Waals surface area contributed by atoms with Crippen molar-refractivity contribution >= 4 is 15.9 Å². The van der Waals surface area contributed by atoms with Crippen LogP contribution in [0.2, 0.25) is 0 Å². The van der Waals surface area contributed by atoms with Gasteiger partial charge in [-0.3, -0.25) is 4.79 Å². The van der Waals surface area contributed by atoms with Crippen molar-refractivity contribution in [1.29, 1.82) is 0 Å². The quantitative estimate of drug-likeness (QED) is 0.872. The molecule has 0 aliphatic carbocycles. The highest BCUT2D eigenvalue weighted by Crippen LogP contribution is 2.25. The summed E-state index contributed by atoms with van der Waals surface area (Å²) in [5.41, 5.74) is 1.01. The third-order valence-electron chi connectivity index (χ3n) is 4.59. The van der Waals surface area contributed by atoms with Crippen molar-refractivity contribution < 1.29 is 17.6 Å². The molecule has 1 amide bonds. The summed E-state index contributed by atoms with van der Waals surface area (Å²) in [6.45, 7) is 0.869. The van der Waals surface area contributed by atoms with Gasteiger partial charge in [-0.05, 0) is 30.5 Å². The van der Waals surface area contributed by atoms with E-state index in [0.29, 0.717) is 19.4 Å². The van der Waals surface area contributed by atoms with Crippen LogP contribution in [0, 0.1) is 11.7 Å². The maximum atomic E-state index is 13.8. The van der Waals surface area contributed by atoms with Gasteiger partial charge in [0.25, 0.3) is 0 Å². The van der Waals surface area contributed by atoms with Gasteiger partial charge in [0.15, 0.2) is 0 Å². The van der Waals surface area contributed by atoms with E-state index in [9.17, 15) is 17.6 Å². The van der Waals surface area contributed by atoms with Crippen LogP contribution in [0.3, 0.4) is 0 Å². The third kappa shape index (κ3) is 4.11. The largest absolute Gasteiger partial charge is 0.352 e. The summed E-state index contributed by atoms with van der Waals surface area (Å²) in [5, 5.41) is 2.90. The van der Waals surface area contributed by atoms with Crippen molar-refractivity contribution in [1.82, 2.24) is 9.62 Å². The lowest BCUT2D eigenvalue weighted by atomic mass is 9.97. The highest BCUT2D eigenvalue weighted by molar-refractivity contribution is 7.89. The monoisotopic (exact) mass is 376 g/mol. The van der Waals surface area contributed by atoms with Gasteiger partial charge in [-0.25, -0.2) is 12.8 Å². The molecule has 2 aromatic carbocycles. The normalized spacial score (nSPS) is 16.3. The number of benzene rings is 2. The Kier molecular flexibility index (Phi) is 5.68. The van der Waals surface area contributed by atoms with Crippen molar-refractivity contribution in [3.05, 3.63) is 66.0 Å². The Labute approximate surface area is 152 Å². The summed E-state index contributed by atoms with van der Waals surface area (Å²) in [6, 6.07) is 15.0. The minimum Gasteiger partial charge on any atom is -0.352 e. The maximum Gasteiger partial charge on any atom is 0.245 e. The van der Waals surface area contributed by atoms with Crippen molar-refractivity contribution in [3.63, 3.8) is 0 Å². The molecule has 7 heteroatoms. The number of carbonyl (C=O) groups excluding carboxylic acids is 1. The molecule has 0 spiro atoms. The zero-order valence-corrected chi connectivity index (χ0v) is 15.1. The molecule has 1 N–H and O–H groups in total. The molecule has 0 aromatic heterocycles. The smallest absolute Gasteiger partial charge is 0.245 e. The van der Waals surface area contributed by atoms with Crippen LogP contribution in [0.4, 0.5) is 4.39 Å². The van der Waals surface area contributed by atoms with Crippen molar-refractivity contribution in [2.24, 2.45) is 5.92 Å². The van der Waals surface area contributed by atoms with Crippen LogP contribution >= 0.6 is 0 Å². The Morgan fingerprint density at radius 3 is 2.31 bits per heavy atom. The fourth-order valence-corrected chi connectivity index (χ4v) is 4.62. The van der Waals surface area contributed by atoms with Crippen LogP contribution in [0.15, 0.2) is 59.5 Å². The Hall–Kier alpha value is -2.25. The second-order valence-electron chi connectivity index (χ2n) is 6.31. The van der Waals surface area contributed by atoms with Gasteiger partial charge in [0.2, 0.25) is 15.9 Å². The van der Waals surface area contributed by atoms with E-state index in [4.69, 9.17) is 0 Å². The second-order valence-corrected chi connectivity index (χ2v) is 8.22. The maximum absolute atomic E-state index is 13.8. The number of halogens is 1. The van der Waals surface area contributed by atoms with E-state index in [0.717, 1.165) is 11.6 Å². The lowest BCUT2D eigenvalue weighted by Gasteiger charge is -2.30. The Bertz CT molecular complexity index is 863. The first-order chi connectivity index (χ1) is 12.5. The number of piperidine rings is 1. The molecule has 0 unspecified atom stereocenters. The van der Waals surface area contributed by atoms with E-state index < -0.39 is 15.8 Å². The van der Waals surface area contributed by atoms with E-state index in [2.05, 4.69) is 5.32 Å². The number of amides is 1. The van der Waals surface area contributed by atoms with Gasteiger partial charge in [0.05, 0.1) is 0 Å². The van der Waals surface area contributed by atoms with Crippen LogP contribution in [-0.2, 0) is 21.4 Å². The summed E-state index contributed by atoms with van der Waals surface area (Å²) in [4.78, 5) is 12.0. The number of rotatable bonds is 5. The number of hydrogen-bond acceptors (Lipinski definition) is 3. The van der Waals surface area contributed by atoms with Gasteiger partial charge >= 0.3 is 0 Å². The van der Waals surface area contributed by atoms with Crippen molar-refractivity contribution in [2.75, 3.05) is 13.1 Å². The van der Waals surface area contributed by atoms with E-state index in [-0.39, 0.29) is 29.8 Å². The molecule has 0 saturated carbocycles. The van der Waals surface area contributed by atoms with Gasteiger partial charge in [-0.2, -0.15) is 4.31 Å². The topological polar surface area (TPSA) is 66.5 Å². The molecule has 26 heavy (non-hydrogen) atoms. The van der Waals surface area contributed by atoms with Gasteiger partial charge < -0.3 is 5.32 Å². The van der Waals surface area contributed by atoms with Gasteiger partial charge in [-0.1, -0.05) is 42.5 Å².